The number of esters is 2. The van der Waals surface area contributed by atoms with Crippen LogP contribution in [0.2, 0.25) is 0 Å². The lowest BCUT2D eigenvalue weighted by molar-refractivity contribution is -0.138. The van der Waals surface area contributed by atoms with E-state index in [1.54, 1.807) is 24.3 Å². The maximum absolute atomic E-state index is 11.8. The summed E-state index contributed by atoms with van der Waals surface area (Å²) in [6.07, 6.45) is 1.02. The molecule has 0 amide bonds. The summed E-state index contributed by atoms with van der Waals surface area (Å²) in [5.41, 5.74) is 0.463. The fourth-order valence-electron chi connectivity index (χ4n) is 1.63. The highest BCUT2D eigenvalue weighted by Crippen LogP contribution is 2.25. The topological polar surface area (TPSA) is 83.1 Å². The average Bonchev–Trinajstić information content (AvgIpc) is 2.58. The first-order valence-corrected chi connectivity index (χ1v) is 7.06. The van der Waals surface area contributed by atoms with Gasteiger partial charge in [-0.2, -0.15) is 0 Å². The molecule has 23 heavy (non-hydrogen) atoms. The number of rotatable bonds is 9. The second-order valence-electron chi connectivity index (χ2n) is 4.24. The lowest BCUT2D eigenvalue weighted by atomic mass is 10.2. The Bertz CT molecular complexity index is 555. The van der Waals surface area contributed by atoms with E-state index in [2.05, 4.69) is 14.8 Å². The Balaban J connectivity index is 2.89. The molecule has 7 heteroatoms. The van der Waals surface area contributed by atoms with E-state index in [9.17, 15) is 9.59 Å². The molecule has 0 unspecified atom stereocenters. The van der Waals surface area contributed by atoms with E-state index in [4.69, 9.17) is 9.47 Å². The van der Waals surface area contributed by atoms with Crippen molar-refractivity contribution >= 4 is 17.6 Å². The molecule has 1 aromatic carbocycles. The Kier molecular flexibility index (Phi) is 8.23. The maximum atomic E-state index is 11.8. The number of nitrogens with one attached hydrogen (secondary N) is 1. The molecule has 0 spiro atoms. The Morgan fingerprint density at radius 2 is 1.87 bits per heavy atom. The molecule has 126 valence electrons. The third-order valence-electron chi connectivity index (χ3n) is 2.71. The summed E-state index contributed by atoms with van der Waals surface area (Å²) in [7, 11) is 2.44. The molecule has 1 aromatic rings. The molecule has 0 aliphatic carbocycles. The number of carbonyl (C=O) groups excluding carboxylic acids is 2. The van der Waals surface area contributed by atoms with Crippen molar-refractivity contribution in [3.63, 3.8) is 0 Å². The van der Waals surface area contributed by atoms with Crippen molar-refractivity contribution in [3.05, 3.63) is 36.0 Å². The second kappa shape index (κ2) is 10.2. The number of hydrogen-bond acceptors (Lipinski definition) is 7. The Hall–Kier alpha value is -2.54. The van der Waals surface area contributed by atoms with Gasteiger partial charge in [0.15, 0.2) is 0 Å². The highest BCUT2D eigenvalue weighted by Gasteiger charge is 2.14. The van der Waals surface area contributed by atoms with Crippen LogP contribution >= 0.6 is 0 Å². The number of carbonyl (C=O) groups is 2. The van der Waals surface area contributed by atoms with Gasteiger partial charge in [-0.05, 0) is 19.1 Å². The molecule has 0 aliphatic heterocycles. The van der Waals surface area contributed by atoms with Crippen molar-refractivity contribution in [1.82, 2.24) is 0 Å². The third kappa shape index (κ3) is 6.39. The van der Waals surface area contributed by atoms with Crippen LogP contribution < -0.4 is 10.1 Å². The van der Waals surface area contributed by atoms with Gasteiger partial charge in [-0.3, -0.25) is 0 Å². The van der Waals surface area contributed by atoms with E-state index >= 15 is 0 Å². The molecule has 0 bridgehead atoms. The van der Waals surface area contributed by atoms with Gasteiger partial charge in [-0.15, -0.1) is 0 Å². The van der Waals surface area contributed by atoms with Crippen molar-refractivity contribution in [3.8, 4) is 5.75 Å². The largest absolute Gasteiger partial charge is 0.489 e. The quantitative estimate of drug-likeness (QED) is 0.421. The summed E-state index contributed by atoms with van der Waals surface area (Å²) in [6.45, 7) is 3.32. The van der Waals surface area contributed by atoms with Crippen LogP contribution in [0.1, 0.15) is 6.92 Å². The normalized spacial score (nSPS) is 10.8. The Morgan fingerprint density at radius 3 is 2.52 bits per heavy atom. The molecule has 7 nitrogen and oxygen atoms in total. The van der Waals surface area contributed by atoms with Crippen molar-refractivity contribution in [2.75, 3.05) is 39.4 Å². The van der Waals surface area contributed by atoms with E-state index in [-0.39, 0.29) is 5.70 Å². The van der Waals surface area contributed by atoms with Crippen LogP contribution in [0.5, 0.6) is 5.75 Å². The van der Waals surface area contributed by atoms with Gasteiger partial charge in [0, 0.05) is 6.61 Å². The van der Waals surface area contributed by atoms with Crippen LogP contribution in [0.15, 0.2) is 36.0 Å². The minimum absolute atomic E-state index is 0.0554. The lowest BCUT2D eigenvalue weighted by Gasteiger charge is -2.14. The predicted molar refractivity (Wildman–Crippen MR) is 84.2 cm³/mol. The minimum atomic E-state index is -0.695. The number of para-hydroxylation sites is 2. The van der Waals surface area contributed by atoms with E-state index in [1.165, 1.54) is 14.2 Å². The molecule has 0 saturated heterocycles. The first-order chi connectivity index (χ1) is 11.1. The maximum Gasteiger partial charge on any atom is 0.354 e. The molecular weight excluding hydrogens is 302 g/mol. The monoisotopic (exact) mass is 323 g/mol. The van der Waals surface area contributed by atoms with Crippen molar-refractivity contribution in [2.24, 2.45) is 0 Å². The number of methoxy groups -OCH3 is 2. The molecular formula is C16H21NO6. The molecule has 1 N–H and O–H groups in total. The van der Waals surface area contributed by atoms with Crippen molar-refractivity contribution in [1.29, 1.82) is 0 Å². The highest BCUT2D eigenvalue weighted by molar-refractivity contribution is 5.99. The third-order valence-corrected chi connectivity index (χ3v) is 2.71. The van der Waals surface area contributed by atoms with Gasteiger partial charge >= 0.3 is 11.9 Å². The van der Waals surface area contributed by atoms with Gasteiger partial charge in [0.1, 0.15) is 18.1 Å². The van der Waals surface area contributed by atoms with Crippen molar-refractivity contribution in [2.45, 2.75) is 6.92 Å². The van der Waals surface area contributed by atoms with Crippen LogP contribution in [-0.2, 0) is 23.8 Å². The van der Waals surface area contributed by atoms with Gasteiger partial charge in [0.05, 0.1) is 32.6 Å². The number of hydrogen-bond donors (Lipinski definition) is 1. The fraction of sp³-hybridized carbons (Fsp3) is 0.375. The van der Waals surface area contributed by atoms with E-state index in [1.807, 2.05) is 6.92 Å². The summed E-state index contributed by atoms with van der Waals surface area (Å²) in [5.74, 6) is -0.848. The van der Waals surface area contributed by atoms with Gasteiger partial charge < -0.3 is 24.3 Å². The first-order valence-electron chi connectivity index (χ1n) is 7.06. The van der Waals surface area contributed by atoms with Crippen LogP contribution in [0.4, 0.5) is 5.69 Å². The van der Waals surface area contributed by atoms with E-state index in [0.717, 1.165) is 6.08 Å². The number of benzene rings is 1. The van der Waals surface area contributed by atoms with E-state index < -0.39 is 11.9 Å². The predicted octanol–water partition coefficient (Wildman–Crippen LogP) is 1.74. The highest BCUT2D eigenvalue weighted by atomic mass is 16.5. The average molecular weight is 323 g/mol. The van der Waals surface area contributed by atoms with Crippen LogP contribution in [0.25, 0.3) is 0 Å². The van der Waals surface area contributed by atoms with Crippen LogP contribution in [0.3, 0.4) is 0 Å². The smallest absolute Gasteiger partial charge is 0.354 e. The Labute approximate surface area is 135 Å². The summed E-state index contributed by atoms with van der Waals surface area (Å²) in [6, 6.07) is 7.01. The van der Waals surface area contributed by atoms with Crippen LogP contribution in [-0.4, -0.2) is 46.0 Å². The Morgan fingerprint density at radius 1 is 1.13 bits per heavy atom. The molecule has 0 radical (unpaired) electrons. The zero-order valence-electron chi connectivity index (χ0n) is 13.5. The zero-order chi connectivity index (χ0) is 17.1. The van der Waals surface area contributed by atoms with Gasteiger partial charge in [-0.1, -0.05) is 12.1 Å². The number of anilines is 1. The van der Waals surface area contributed by atoms with Gasteiger partial charge in [-0.25, -0.2) is 9.59 Å². The number of ether oxygens (including phenoxy) is 4. The summed E-state index contributed by atoms with van der Waals surface area (Å²) < 4.78 is 20.0. The first kappa shape index (κ1) is 18.5. The van der Waals surface area contributed by atoms with Gasteiger partial charge in [0.25, 0.3) is 0 Å². The minimum Gasteiger partial charge on any atom is -0.489 e. The molecule has 0 aliphatic rings. The summed E-state index contributed by atoms with van der Waals surface area (Å²) in [4.78, 5) is 23.1. The van der Waals surface area contributed by atoms with Gasteiger partial charge in [0.2, 0.25) is 0 Å². The SMILES string of the molecule is CCOCCOc1ccccc1N/C(=C/C(=O)OC)C(=O)OC. The van der Waals surface area contributed by atoms with Crippen LogP contribution in [0, 0.1) is 0 Å². The second-order valence-corrected chi connectivity index (χ2v) is 4.24. The molecule has 0 aromatic heterocycles. The summed E-state index contributed by atoms with van der Waals surface area (Å²) in [5, 5.41) is 2.82. The molecule has 0 atom stereocenters. The lowest BCUT2D eigenvalue weighted by Crippen LogP contribution is -2.16. The van der Waals surface area contributed by atoms with E-state index in [0.29, 0.717) is 31.3 Å². The molecule has 0 saturated carbocycles. The molecule has 0 heterocycles. The molecule has 1 rings (SSSR count). The zero-order valence-corrected chi connectivity index (χ0v) is 13.5. The standard InChI is InChI=1S/C16H21NO6/c1-4-22-9-10-23-14-8-6-5-7-12(14)17-13(16(19)21-3)11-15(18)20-2/h5-8,11,17H,4,9-10H2,1-3H3/b13-11+. The fourth-order valence-corrected chi connectivity index (χ4v) is 1.63. The summed E-state index contributed by atoms with van der Waals surface area (Å²) >= 11 is 0. The molecule has 0 fully saturated rings. The van der Waals surface area contributed by atoms with Crippen molar-refractivity contribution < 1.29 is 28.5 Å².